The summed E-state index contributed by atoms with van der Waals surface area (Å²) in [4.78, 5) is 4.62. The summed E-state index contributed by atoms with van der Waals surface area (Å²) in [7, 11) is 3.85. The largest absolute Gasteiger partial charge is 0.375 e. The lowest BCUT2D eigenvalue weighted by atomic mass is 10.1. The Hall–Kier alpha value is -1.20. The van der Waals surface area contributed by atoms with Crippen LogP contribution in [0, 0.1) is 6.92 Å². The predicted molar refractivity (Wildman–Crippen MR) is 71.9 cm³/mol. The Balaban J connectivity index is 2.13. The molecule has 0 aliphatic carbocycles. The molecular weight excluding hydrogens is 228 g/mol. The second kappa shape index (κ2) is 5.63. The maximum absolute atomic E-state index is 5.29. The Kier molecular flexibility index (Phi) is 4.14. The number of aromatic nitrogens is 2. The number of anilines is 1. The summed E-state index contributed by atoms with van der Waals surface area (Å²) < 4.78 is 5.29. The van der Waals surface area contributed by atoms with Gasteiger partial charge in [-0.1, -0.05) is 0 Å². The van der Waals surface area contributed by atoms with Crippen molar-refractivity contribution in [1.29, 1.82) is 0 Å². The van der Waals surface area contributed by atoms with E-state index in [2.05, 4.69) is 40.0 Å². The fourth-order valence-corrected chi connectivity index (χ4v) is 2.18. The highest BCUT2D eigenvalue weighted by Crippen LogP contribution is 2.21. The Morgan fingerprint density at radius 3 is 2.44 bits per heavy atom. The molecule has 0 saturated carbocycles. The Morgan fingerprint density at radius 1 is 1.22 bits per heavy atom. The van der Waals surface area contributed by atoms with Crippen LogP contribution in [-0.4, -0.2) is 55.4 Å². The molecule has 1 saturated heterocycles. The van der Waals surface area contributed by atoms with Crippen LogP contribution in [0.15, 0.2) is 6.07 Å². The minimum absolute atomic E-state index is 0.000890. The molecule has 1 fully saturated rings. The van der Waals surface area contributed by atoms with Gasteiger partial charge in [0, 0.05) is 33.3 Å². The Morgan fingerprint density at radius 2 is 1.89 bits per heavy atom. The number of piperazine rings is 1. The quantitative estimate of drug-likeness (QED) is 0.807. The number of methoxy groups -OCH3 is 1. The van der Waals surface area contributed by atoms with Gasteiger partial charge in [0.2, 0.25) is 0 Å². The van der Waals surface area contributed by atoms with Crippen molar-refractivity contribution in [1.82, 2.24) is 15.1 Å². The number of nitrogens with zero attached hydrogens (tertiary/aromatic N) is 4. The molecule has 0 amide bonds. The number of aryl methyl sites for hydroxylation is 1. The van der Waals surface area contributed by atoms with Gasteiger partial charge in [0.1, 0.15) is 0 Å². The molecule has 1 aliphatic rings. The lowest BCUT2D eigenvalue weighted by molar-refractivity contribution is 0.114. The minimum atomic E-state index is -0.000890. The molecule has 100 valence electrons. The molecule has 0 radical (unpaired) electrons. The van der Waals surface area contributed by atoms with E-state index in [1.165, 1.54) is 0 Å². The zero-order valence-corrected chi connectivity index (χ0v) is 11.7. The third-order valence-electron chi connectivity index (χ3n) is 3.58. The topological polar surface area (TPSA) is 41.5 Å². The lowest BCUT2D eigenvalue weighted by Gasteiger charge is -2.33. The van der Waals surface area contributed by atoms with Gasteiger partial charge in [-0.25, -0.2) is 0 Å². The zero-order chi connectivity index (χ0) is 13.1. The third-order valence-corrected chi connectivity index (χ3v) is 3.58. The second-order valence-corrected chi connectivity index (χ2v) is 4.94. The summed E-state index contributed by atoms with van der Waals surface area (Å²) in [6, 6.07) is 2.11. The fraction of sp³-hybridized carbons (Fsp3) is 0.692. The van der Waals surface area contributed by atoms with E-state index in [9.17, 15) is 0 Å². The van der Waals surface area contributed by atoms with Crippen molar-refractivity contribution in [2.24, 2.45) is 0 Å². The first-order valence-corrected chi connectivity index (χ1v) is 6.42. The van der Waals surface area contributed by atoms with Gasteiger partial charge < -0.3 is 14.5 Å². The monoisotopic (exact) mass is 250 g/mol. The zero-order valence-electron chi connectivity index (χ0n) is 11.7. The molecule has 18 heavy (non-hydrogen) atoms. The number of rotatable bonds is 3. The van der Waals surface area contributed by atoms with Crippen LogP contribution >= 0.6 is 0 Å². The molecule has 5 nitrogen and oxygen atoms in total. The maximum Gasteiger partial charge on any atom is 0.151 e. The molecule has 0 unspecified atom stereocenters. The van der Waals surface area contributed by atoms with Crippen molar-refractivity contribution in [3.05, 3.63) is 17.3 Å². The van der Waals surface area contributed by atoms with Crippen LogP contribution in [0.3, 0.4) is 0 Å². The normalized spacial score (nSPS) is 19.0. The van der Waals surface area contributed by atoms with E-state index in [0.717, 1.165) is 43.3 Å². The van der Waals surface area contributed by atoms with Gasteiger partial charge in [-0.05, 0) is 32.5 Å². The van der Waals surface area contributed by atoms with Crippen molar-refractivity contribution < 1.29 is 4.74 Å². The van der Waals surface area contributed by atoms with E-state index in [1.54, 1.807) is 7.11 Å². The number of hydrogen-bond acceptors (Lipinski definition) is 5. The summed E-state index contributed by atoms with van der Waals surface area (Å²) in [5.41, 5.74) is 2.07. The molecule has 0 spiro atoms. The highest BCUT2D eigenvalue weighted by atomic mass is 16.5. The van der Waals surface area contributed by atoms with E-state index < -0.39 is 0 Å². The van der Waals surface area contributed by atoms with Crippen LogP contribution in [0.1, 0.15) is 24.3 Å². The number of hydrogen-bond donors (Lipinski definition) is 0. The maximum atomic E-state index is 5.29. The average molecular weight is 250 g/mol. The van der Waals surface area contributed by atoms with Crippen molar-refractivity contribution in [2.75, 3.05) is 45.2 Å². The van der Waals surface area contributed by atoms with Crippen molar-refractivity contribution in [3.8, 4) is 0 Å². The second-order valence-electron chi connectivity index (χ2n) is 4.94. The highest BCUT2D eigenvalue weighted by molar-refractivity contribution is 5.41. The van der Waals surface area contributed by atoms with Gasteiger partial charge in [-0.2, -0.15) is 5.10 Å². The molecule has 0 aromatic carbocycles. The lowest BCUT2D eigenvalue weighted by Crippen LogP contribution is -2.45. The van der Waals surface area contributed by atoms with Gasteiger partial charge >= 0.3 is 0 Å². The van der Waals surface area contributed by atoms with Gasteiger partial charge in [-0.3, -0.25) is 0 Å². The molecule has 5 heteroatoms. The van der Waals surface area contributed by atoms with Gasteiger partial charge in [0.15, 0.2) is 5.82 Å². The van der Waals surface area contributed by atoms with Crippen LogP contribution < -0.4 is 4.90 Å². The molecule has 1 aliphatic heterocycles. The molecular formula is C13H22N4O. The van der Waals surface area contributed by atoms with Gasteiger partial charge in [0.05, 0.1) is 11.8 Å². The molecule has 1 atom stereocenters. The van der Waals surface area contributed by atoms with E-state index in [0.29, 0.717) is 0 Å². The summed E-state index contributed by atoms with van der Waals surface area (Å²) in [6.07, 6.45) is -0.000890. The SMILES string of the molecule is CO[C@@H](C)c1nnc(N2CCN(C)CC2)cc1C. The van der Waals surface area contributed by atoms with E-state index in [-0.39, 0.29) is 6.10 Å². The average Bonchev–Trinajstić information content (AvgIpc) is 2.38. The fourth-order valence-electron chi connectivity index (χ4n) is 2.18. The summed E-state index contributed by atoms with van der Waals surface area (Å²) >= 11 is 0. The van der Waals surface area contributed by atoms with Gasteiger partial charge in [0.25, 0.3) is 0 Å². The van der Waals surface area contributed by atoms with Crippen molar-refractivity contribution in [3.63, 3.8) is 0 Å². The van der Waals surface area contributed by atoms with Gasteiger partial charge in [-0.15, -0.1) is 5.10 Å². The van der Waals surface area contributed by atoms with E-state index in [1.807, 2.05) is 6.92 Å². The number of ether oxygens (including phenoxy) is 1. The number of likely N-dealkylation sites (N-methyl/N-ethyl adjacent to an activating group) is 1. The molecule has 2 heterocycles. The smallest absolute Gasteiger partial charge is 0.151 e. The van der Waals surface area contributed by atoms with E-state index >= 15 is 0 Å². The molecule has 0 bridgehead atoms. The molecule has 1 aromatic heterocycles. The summed E-state index contributed by atoms with van der Waals surface area (Å²) in [5.74, 6) is 0.979. The van der Waals surface area contributed by atoms with Crippen molar-refractivity contribution >= 4 is 5.82 Å². The van der Waals surface area contributed by atoms with Crippen LogP contribution in [0.5, 0.6) is 0 Å². The predicted octanol–water partition coefficient (Wildman–Crippen LogP) is 1.24. The molecule has 2 rings (SSSR count). The van der Waals surface area contributed by atoms with Crippen LogP contribution in [0.4, 0.5) is 5.82 Å². The van der Waals surface area contributed by atoms with E-state index in [4.69, 9.17) is 4.74 Å². The minimum Gasteiger partial charge on any atom is -0.375 e. The molecule has 1 aromatic rings. The standard InChI is InChI=1S/C13H22N4O/c1-10-9-12(14-15-13(10)11(2)18-4)17-7-5-16(3)6-8-17/h9,11H,5-8H2,1-4H3/t11-/m0/s1. The summed E-state index contributed by atoms with van der Waals surface area (Å²) in [6.45, 7) is 8.26. The Bertz CT molecular complexity index is 402. The van der Waals surface area contributed by atoms with Crippen LogP contribution in [0.25, 0.3) is 0 Å². The first kappa shape index (κ1) is 13.2. The summed E-state index contributed by atoms with van der Waals surface area (Å²) in [5, 5.41) is 8.65. The molecule has 0 N–H and O–H groups in total. The third kappa shape index (κ3) is 2.79. The first-order chi connectivity index (χ1) is 8.61. The highest BCUT2D eigenvalue weighted by Gasteiger charge is 2.17. The Labute approximate surface area is 109 Å². The van der Waals surface area contributed by atoms with Crippen molar-refractivity contribution in [2.45, 2.75) is 20.0 Å². The van der Waals surface area contributed by atoms with Crippen LogP contribution in [-0.2, 0) is 4.74 Å². The first-order valence-electron chi connectivity index (χ1n) is 6.42. The van der Waals surface area contributed by atoms with Crippen LogP contribution in [0.2, 0.25) is 0 Å².